The summed E-state index contributed by atoms with van der Waals surface area (Å²) in [5.74, 6) is -0.102. The van der Waals surface area contributed by atoms with E-state index >= 15 is 0 Å². The van der Waals surface area contributed by atoms with Crippen LogP contribution in [0.3, 0.4) is 0 Å². The number of benzene rings is 1. The van der Waals surface area contributed by atoms with E-state index in [1.165, 1.54) is 18.2 Å². The molecular formula is C16H16N2O4S. The van der Waals surface area contributed by atoms with Crippen molar-refractivity contribution in [2.75, 3.05) is 0 Å². The van der Waals surface area contributed by atoms with E-state index in [9.17, 15) is 13.2 Å². The fourth-order valence-corrected chi connectivity index (χ4v) is 3.04. The Labute approximate surface area is 134 Å². The lowest BCUT2D eigenvalue weighted by molar-refractivity contribution is 0.449. The Morgan fingerprint density at radius 2 is 1.83 bits per heavy atom. The van der Waals surface area contributed by atoms with Gasteiger partial charge in [0.1, 0.15) is 16.5 Å². The van der Waals surface area contributed by atoms with Crippen molar-refractivity contribution in [1.29, 1.82) is 5.26 Å². The maximum Gasteiger partial charge on any atom is 0.340 e. The average molecular weight is 332 g/mol. The number of hydrogen-bond acceptors (Lipinski definition) is 5. The molecule has 2 aromatic rings. The van der Waals surface area contributed by atoms with E-state index in [0.29, 0.717) is 5.56 Å². The van der Waals surface area contributed by atoms with Gasteiger partial charge in [0.2, 0.25) is 5.88 Å². The molecule has 6 nitrogen and oxygen atoms in total. The van der Waals surface area contributed by atoms with Crippen LogP contribution in [0, 0.1) is 25.2 Å². The molecule has 0 N–H and O–H groups in total. The van der Waals surface area contributed by atoms with Gasteiger partial charge < -0.3 is 4.18 Å². The second-order valence-electron chi connectivity index (χ2n) is 5.05. The molecule has 1 heterocycles. The van der Waals surface area contributed by atoms with Crippen LogP contribution in [-0.2, 0) is 16.7 Å². The maximum atomic E-state index is 12.4. The topological polar surface area (TPSA) is 89.2 Å². The van der Waals surface area contributed by atoms with Crippen LogP contribution in [0.5, 0.6) is 5.88 Å². The predicted octanol–water partition coefficient (Wildman–Crippen LogP) is 2.12. The smallest absolute Gasteiger partial charge is 0.340 e. The number of nitrogens with zero attached hydrogens (tertiary/aromatic N) is 2. The summed E-state index contributed by atoms with van der Waals surface area (Å²) in [6.07, 6.45) is 0. The van der Waals surface area contributed by atoms with E-state index in [4.69, 9.17) is 9.44 Å². The average Bonchev–Trinajstić information content (AvgIpc) is 2.47. The monoisotopic (exact) mass is 332 g/mol. The Hall–Kier alpha value is -2.59. The minimum Gasteiger partial charge on any atom is -0.360 e. The van der Waals surface area contributed by atoms with Crippen LogP contribution < -0.4 is 9.74 Å². The first kappa shape index (κ1) is 16.8. The summed E-state index contributed by atoms with van der Waals surface area (Å²) in [7, 11) is -4.06. The van der Waals surface area contributed by atoms with Crippen LogP contribution in [0.4, 0.5) is 0 Å². The molecular weight excluding hydrogens is 316 g/mol. The van der Waals surface area contributed by atoms with Gasteiger partial charge in [0, 0.05) is 12.6 Å². The van der Waals surface area contributed by atoms with E-state index in [1.54, 1.807) is 26.0 Å². The molecule has 0 atom stereocenters. The molecule has 0 aliphatic rings. The third kappa shape index (κ3) is 3.27. The van der Waals surface area contributed by atoms with Crippen LogP contribution in [0.25, 0.3) is 0 Å². The number of rotatable bonds is 4. The zero-order valence-electron chi connectivity index (χ0n) is 13.0. The van der Waals surface area contributed by atoms with Gasteiger partial charge in [-0.1, -0.05) is 17.7 Å². The Morgan fingerprint density at radius 3 is 2.35 bits per heavy atom. The highest BCUT2D eigenvalue weighted by atomic mass is 32.2. The largest absolute Gasteiger partial charge is 0.360 e. The van der Waals surface area contributed by atoms with Gasteiger partial charge >= 0.3 is 10.1 Å². The van der Waals surface area contributed by atoms with Gasteiger partial charge in [-0.15, -0.1) is 0 Å². The summed E-state index contributed by atoms with van der Waals surface area (Å²) in [6.45, 7) is 5.26. The van der Waals surface area contributed by atoms with E-state index in [0.717, 1.165) is 10.1 Å². The lowest BCUT2D eigenvalue weighted by Gasteiger charge is -2.14. The highest BCUT2D eigenvalue weighted by Gasteiger charge is 2.20. The van der Waals surface area contributed by atoms with Crippen molar-refractivity contribution in [3.63, 3.8) is 0 Å². The maximum absolute atomic E-state index is 12.4. The summed E-state index contributed by atoms with van der Waals surface area (Å²) < 4.78 is 31.0. The molecule has 0 fully saturated rings. The first-order valence-corrected chi connectivity index (χ1v) is 8.36. The number of aromatic nitrogens is 1. The minimum atomic E-state index is -4.06. The fourth-order valence-electron chi connectivity index (χ4n) is 2.11. The summed E-state index contributed by atoms with van der Waals surface area (Å²) >= 11 is 0. The van der Waals surface area contributed by atoms with Gasteiger partial charge in [-0.2, -0.15) is 13.7 Å². The molecule has 120 valence electrons. The van der Waals surface area contributed by atoms with E-state index in [1.807, 2.05) is 13.0 Å². The quantitative estimate of drug-likeness (QED) is 0.800. The van der Waals surface area contributed by atoms with Crippen LogP contribution in [0.2, 0.25) is 0 Å². The van der Waals surface area contributed by atoms with Crippen molar-refractivity contribution in [2.45, 2.75) is 32.2 Å². The molecule has 0 bridgehead atoms. The van der Waals surface area contributed by atoms with Gasteiger partial charge in [0.15, 0.2) is 0 Å². The zero-order chi connectivity index (χ0) is 17.2. The van der Waals surface area contributed by atoms with E-state index in [-0.39, 0.29) is 22.9 Å². The van der Waals surface area contributed by atoms with E-state index in [2.05, 4.69) is 0 Å². The molecule has 0 radical (unpaired) electrons. The van der Waals surface area contributed by atoms with Crippen molar-refractivity contribution < 1.29 is 12.6 Å². The van der Waals surface area contributed by atoms with Crippen molar-refractivity contribution in [3.8, 4) is 11.9 Å². The van der Waals surface area contributed by atoms with Crippen molar-refractivity contribution in [3.05, 3.63) is 57.4 Å². The molecule has 0 amide bonds. The first-order chi connectivity index (χ1) is 10.8. The van der Waals surface area contributed by atoms with Gasteiger partial charge in [-0.05, 0) is 38.5 Å². The third-order valence-electron chi connectivity index (χ3n) is 3.39. The Kier molecular flexibility index (Phi) is 4.57. The molecule has 0 aliphatic carbocycles. The number of pyridine rings is 1. The molecule has 0 spiro atoms. The molecule has 1 aromatic carbocycles. The standard InChI is InChI=1S/C16H16N2O4S/c1-4-18-15(9-12(3)14(10-17)16(18)19)22-23(20,21)13-7-5-11(2)6-8-13/h5-9H,4H2,1-3H3. The second kappa shape index (κ2) is 6.26. The number of hydrogen-bond donors (Lipinski definition) is 0. The highest BCUT2D eigenvalue weighted by molar-refractivity contribution is 7.87. The van der Waals surface area contributed by atoms with Crippen molar-refractivity contribution >= 4 is 10.1 Å². The molecule has 0 unspecified atom stereocenters. The summed E-state index contributed by atoms with van der Waals surface area (Å²) in [5, 5.41) is 9.02. The SMILES string of the molecule is CCn1c(OS(=O)(=O)c2ccc(C)cc2)cc(C)c(C#N)c1=O. The van der Waals surface area contributed by atoms with Gasteiger partial charge in [-0.3, -0.25) is 9.36 Å². The fraction of sp³-hybridized carbons (Fsp3) is 0.250. The molecule has 23 heavy (non-hydrogen) atoms. The zero-order valence-corrected chi connectivity index (χ0v) is 13.8. The Bertz CT molecular complexity index is 936. The minimum absolute atomic E-state index is 0.000199. The molecule has 0 saturated heterocycles. The lowest BCUT2D eigenvalue weighted by Crippen LogP contribution is -2.26. The predicted molar refractivity (Wildman–Crippen MR) is 84.8 cm³/mol. The van der Waals surface area contributed by atoms with Crippen LogP contribution in [0.15, 0.2) is 40.0 Å². The van der Waals surface area contributed by atoms with Gasteiger partial charge in [0.05, 0.1) is 0 Å². The summed E-state index contributed by atoms with van der Waals surface area (Å²) in [4.78, 5) is 12.2. The Morgan fingerprint density at radius 1 is 1.22 bits per heavy atom. The van der Waals surface area contributed by atoms with Crippen LogP contribution in [-0.4, -0.2) is 13.0 Å². The summed E-state index contributed by atoms with van der Waals surface area (Å²) in [6, 6.07) is 9.41. The Balaban J connectivity index is 2.54. The van der Waals surface area contributed by atoms with Crippen molar-refractivity contribution in [2.24, 2.45) is 0 Å². The summed E-state index contributed by atoms with van der Waals surface area (Å²) in [5.41, 5.74) is 0.705. The highest BCUT2D eigenvalue weighted by Crippen LogP contribution is 2.20. The second-order valence-corrected chi connectivity index (χ2v) is 6.60. The number of aryl methyl sites for hydroxylation is 2. The number of nitriles is 1. The molecule has 1 aromatic heterocycles. The van der Waals surface area contributed by atoms with Crippen molar-refractivity contribution in [1.82, 2.24) is 4.57 Å². The third-order valence-corrected chi connectivity index (χ3v) is 4.63. The molecule has 7 heteroatoms. The van der Waals surface area contributed by atoms with Crippen LogP contribution in [0.1, 0.15) is 23.6 Å². The first-order valence-electron chi connectivity index (χ1n) is 6.96. The van der Waals surface area contributed by atoms with Gasteiger partial charge in [-0.25, -0.2) is 0 Å². The normalized spacial score (nSPS) is 11.0. The van der Waals surface area contributed by atoms with Crippen LogP contribution >= 0.6 is 0 Å². The van der Waals surface area contributed by atoms with Gasteiger partial charge in [0.25, 0.3) is 5.56 Å². The molecule has 0 aliphatic heterocycles. The molecule has 0 saturated carbocycles. The van der Waals surface area contributed by atoms with E-state index < -0.39 is 15.7 Å². The lowest BCUT2D eigenvalue weighted by atomic mass is 10.2. The molecule has 2 rings (SSSR count).